The van der Waals surface area contributed by atoms with Gasteiger partial charge in [-0.15, -0.1) is 0 Å². The molecule has 0 heterocycles. The lowest BCUT2D eigenvalue weighted by Gasteiger charge is -2.19. The van der Waals surface area contributed by atoms with Gasteiger partial charge in [-0.3, -0.25) is 9.59 Å². The van der Waals surface area contributed by atoms with Crippen LogP contribution in [0.2, 0.25) is 0 Å². The van der Waals surface area contributed by atoms with Crippen LogP contribution in [0.15, 0.2) is 35.9 Å². The summed E-state index contributed by atoms with van der Waals surface area (Å²) in [5, 5.41) is 11.9. The van der Waals surface area contributed by atoms with Crippen LogP contribution in [0.1, 0.15) is 39.7 Å². The SMILES string of the molecule is CC/C=C(/C)C(=O)Nc1ccc(C(C)(C)C(=O)O)cc1. The highest BCUT2D eigenvalue weighted by molar-refractivity contribution is 6.03. The van der Waals surface area contributed by atoms with E-state index in [1.54, 1.807) is 45.0 Å². The zero-order valence-corrected chi connectivity index (χ0v) is 12.4. The zero-order chi connectivity index (χ0) is 15.3. The molecule has 4 heteroatoms. The first-order valence-corrected chi connectivity index (χ1v) is 6.61. The summed E-state index contributed by atoms with van der Waals surface area (Å²) < 4.78 is 0. The number of carboxylic acids is 1. The van der Waals surface area contributed by atoms with Gasteiger partial charge in [0.2, 0.25) is 0 Å². The van der Waals surface area contributed by atoms with E-state index in [1.807, 2.05) is 13.0 Å². The number of aliphatic carboxylic acids is 1. The molecule has 1 aromatic rings. The minimum absolute atomic E-state index is 0.142. The fraction of sp³-hybridized carbons (Fsp3) is 0.375. The van der Waals surface area contributed by atoms with Gasteiger partial charge < -0.3 is 10.4 Å². The zero-order valence-electron chi connectivity index (χ0n) is 12.4. The number of benzene rings is 1. The van der Waals surface area contributed by atoms with Crippen LogP contribution in [0.3, 0.4) is 0 Å². The first-order valence-electron chi connectivity index (χ1n) is 6.61. The fourth-order valence-electron chi connectivity index (χ4n) is 1.72. The maximum atomic E-state index is 11.8. The van der Waals surface area contributed by atoms with Crippen LogP contribution in [-0.4, -0.2) is 17.0 Å². The van der Waals surface area contributed by atoms with E-state index in [1.165, 1.54) is 0 Å². The average molecular weight is 275 g/mol. The van der Waals surface area contributed by atoms with E-state index in [0.29, 0.717) is 16.8 Å². The number of nitrogens with one attached hydrogen (secondary N) is 1. The lowest BCUT2D eigenvalue weighted by molar-refractivity contribution is -0.142. The van der Waals surface area contributed by atoms with Crippen molar-refractivity contribution in [1.82, 2.24) is 0 Å². The molecule has 0 fully saturated rings. The molecule has 0 aliphatic heterocycles. The Bertz CT molecular complexity index is 527. The Kier molecular flexibility index (Phi) is 5.08. The molecule has 0 saturated heterocycles. The Labute approximate surface area is 119 Å². The summed E-state index contributed by atoms with van der Waals surface area (Å²) in [6, 6.07) is 6.89. The smallest absolute Gasteiger partial charge is 0.313 e. The predicted molar refractivity (Wildman–Crippen MR) is 79.8 cm³/mol. The summed E-state index contributed by atoms with van der Waals surface area (Å²) in [7, 11) is 0. The van der Waals surface area contributed by atoms with Crippen molar-refractivity contribution in [3.63, 3.8) is 0 Å². The number of anilines is 1. The van der Waals surface area contributed by atoms with Crippen LogP contribution >= 0.6 is 0 Å². The van der Waals surface area contributed by atoms with Gasteiger partial charge in [0, 0.05) is 11.3 Å². The van der Waals surface area contributed by atoms with Gasteiger partial charge in [-0.1, -0.05) is 25.1 Å². The minimum atomic E-state index is -0.944. The normalized spacial score (nSPS) is 12.1. The van der Waals surface area contributed by atoms with Gasteiger partial charge in [0.05, 0.1) is 5.41 Å². The molecule has 108 valence electrons. The third-order valence-electron chi connectivity index (χ3n) is 3.27. The molecule has 2 N–H and O–H groups in total. The Morgan fingerprint density at radius 2 is 1.80 bits per heavy atom. The van der Waals surface area contributed by atoms with Gasteiger partial charge in [-0.05, 0) is 44.9 Å². The second kappa shape index (κ2) is 6.37. The first-order chi connectivity index (χ1) is 9.28. The summed E-state index contributed by atoms with van der Waals surface area (Å²) in [4.78, 5) is 23.0. The van der Waals surface area contributed by atoms with Crippen LogP contribution in [0, 0.1) is 0 Å². The average Bonchev–Trinajstić information content (AvgIpc) is 2.39. The van der Waals surface area contributed by atoms with E-state index < -0.39 is 11.4 Å². The number of hydrogen-bond donors (Lipinski definition) is 2. The predicted octanol–water partition coefficient (Wildman–Crippen LogP) is 3.34. The fourth-order valence-corrected chi connectivity index (χ4v) is 1.72. The van der Waals surface area contributed by atoms with E-state index >= 15 is 0 Å². The van der Waals surface area contributed by atoms with E-state index in [0.717, 1.165) is 6.42 Å². The van der Waals surface area contributed by atoms with Gasteiger partial charge in [0.15, 0.2) is 0 Å². The third-order valence-corrected chi connectivity index (χ3v) is 3.27. The Morgan fingerprint density at radius 1 is 1.25 bits per heavy atom. The number of carbonyl (C=O) groups excluding carboxylic acids is 1. The molecular weight excluding hydrogens is 254 g/mol. The van der Waals surface area contributed by atoms with Gasteiger partial charge in [-0.2, -0.15) is 0 Å². The van der Waals surface area contributed by atoms with Crippen LogP contribution < -0.4 is 5.32 Å². The summed E-state index contributed by atoms with van der Waals surface area (Å²) in [5.74, 6) is -1.02. The van der Waals surface area contributed by atoms with Crippen LogP contribution in [0.25, 0.3) is 0 Å². The Hall–Kier alpha value is -2.10. The quantitative estimate of drug-likeness (QED) is 0.810. The van der Waals surface area contributed by atoms with Gasteiger partial charge in [0.25, 0.3) is 5.91 Å². The summed E-state index contributed by atoms with van der Waals surface area (Å²) in [5.41, 5.74) is 1.08. The van der Waals surface area contributed by atoms with Crippen molar-refractivity contribution in [2.45, 2.75) is 39.5 Å². The number of amides is 1. The Balaban J connectivity index is 2.85. The molecule has 20 heavy (non-hydrogen) atoms. The second-order valence-electron chi connectivity index (χ2n) is 5.26. The number of carbonyl (C=O) groups is 2. The maximum absolute atomic E-state index is 11.8. The largest absolute Gasteiger partial charge is 0.481 e. The van der Waals surface area contributed by atoms with E-state index in [2.05, 4.69) is 5.32 Å². The molecule has 0 saturated carbocycles. The third kappa shape index (κ3) is 3.70. The van der Waals surface area contributed by atoms with Crippen LogP contribution in [0.5, 0.6) is 0 Å². The number of allylic oxidation sites excluding steroid dienone is 1. The van der Waals surface area contributed by atoms with Gasteiger partial charge >= 0.3 is 5.97 Å². The van der Waals surface area contributed by atoms with Crippen LogP contribution in [0.4, 0.5) is 5.69 Å². The molecule has 0 aliphatic rings. The van der Waals surface area contributed by atoms with Crippen molar-refractivity contribution < 1.29 is 14.7 Å². The maximum Gasteiger partial charge on any atom is 0.313 e. The van der Waals surface area contributed by atoms with Crippen molar-refractivity contribution >= 4 is 17.6 Å². The standard InChI is InChI=1S/C16H21NO3/c1-5-6-11(2)14(18)17-13-9-7-12(8-10-13)16(3,4)15(19)20/h6-10H,5H2,1-4H3,(H,17,18)(H,19,20)/b11-6-. The highest BCUT2D eigenvalue weighted by Crippen LogP contribution is 2.24. The molecule has 1 amide bonds. The summed E-state index contributed by atoms with van der Waals surface area (Å²) in [6.45, 7) is 7.04. The highest BCUT2D eigenvalue weighted by atomic mass is 16.4. The molecule has 0 bridgehead atoms. The molecule has 1 rings (SSSR count). The molecular formula is C16H21NO3. The lowest BCUT2D eigenvalue weighted by Crippen LogP contribution is -2.28. The van der Waals surface area contributed by atoms with Crippen LogP contribution in [-0.2, 0) is 15.0 Å². The van der Waals surface area contributed by atoms with E-state index in [-0.39, 0.29) is 5.91 Å². The monoisotopic (exact) mass is 275 g/mol. The number of rotatable bonds is 5. The van der Waals surface area contributed by atoms with Crippen molar-refractivity contribution in [3.8, 4) is 0 Å². The highest BCUT2D eigenvalue weighted by Gasteiger charge is 2.29. The Morgan fingerprint density at radius 3 is 2.25 bits per heavy atom. The van der Waals surface area contributed by atoms with Gasteiger partial charge in [0.1, 0.15) is 0 Å². The van der Waals surface area contributed by atoms with Crippen molar-refractivity contribution in [3.05, 3.63) is 41.5 Å². The molecule has 0 aromatic heterocycles. The lowest BCUT2D eigenvalue weighted by atomic mass is 9.85. The minimum Gasteiger partial charge on any atom is -0.481 e. The molecule has 1 aromatic carbocycles. The molecule has 4 nitrogen and oxygen atoms in total. The van der Waals surface area contributed by atoms with Gasteiger partial charge in [-0.25, -0.2) is 0 Å². The molecule has 0 radical (unpaired) electrons. The second-order valence-corrected chi connectivity index (χ2v) is 5.26. The van der Waals surface area contributed by atoms with E-state index in [4.69, 9.17) is 5.11 Å². The van der Waals surface area contributed by atoms with E-state index in [9.17, 15) is 9.59 Å². The van der Waals surface area contributed by atoms with Crippen molar-refractivity contribution in [2.24, 2.45) is 0 Å². The summed E-state index contributed by atoms with van der Waals surface area (Å²) >= 11 is 0. The molecule has 0 atom stereocenters. The molecule has 0 unspecified atom stereocenters. The van der Waals surface area contributed by atoms with Crippen molar-refractivity contribution in [2.75, 3.05) is 5.32 Å². The number of carboxylic acid groups (broad SMARTS) is 1. The summed E-state index contributed by atoms with van der Waals surface area (Å²) in [6.07, 6.45) is 2.67. The molecule has 0 spiro atoms. The van der Waals surface area contributed by atoms with Crippen molar-refractivity contribution in [1.29, 1.82) is 0 Å². The first kappa shape index (κ1) is 16.0. The molecule has 0 aliphatic carbocycles. The number of hydrogen-bond acceptors (Lipinski definition) is 2. The topological polar surface area (TPSA) is 66.4 Å².